The molecule has 1 nitrogen and oxygen atoms in total. The first-order chi connectivity index (χ1) is 5.25. The third-order valence-electron chi connectivity index (χ3n) is 2.82. The van der Waals surface area contributed by atoms with Crippen LogP contribution < -0.4 is 0 Å². The predicted molar refractivity (Wildman–Crippen MR) is 48.7 cm³/mol. The van der Waals surface area contributed by atoms with E-state index in [0.29, 0.717) is 5.44 Å². The molecule has 2 bridgehead atoms. The topological polar surface area (TPSA) is 9.23 Å². The van der Waals surface area contributed by atoms with Gasteiger partial charge < -0.3 is 4.74 Å². The zero-order valence-corrected chi connectivity index (χ0v) is 8.06. The van der Waals surface area contributed by atoms with Crippen LogP contribution in [0.1, 0.15) is 26.7 Å². The van der Waals surface area contributed by atoms with Crippen molar-refractivity contribution in [2.75, 3.05) is 6.61 Å². The van der Waals surface area contributed by atoms with Gasteiger partial charge in [0.05, 0.1) is 6.61 Å². The number of rotatable bonds is 1. The Hall–Kier alpha value is 0.310. The molecule has 2 aliphatic heterocycles. The minimum Gasteiger partial charge on any atom is -0.366 e. The van der Waals surface area contributed by atoms with Gasteiger partial charge in [-0.05, 0) is 24.7 Å². The molecule has 2 fully saturated rings. The first-order valence-electron chi connectivity index (χ1n) is 4.53. The van der Waals surface area contributed by atoms with Crippen molar-refractivity contribution in [2.45, 2.75) is 37.4 Å². The molecular weight excluding hydrogens is 156 g/mol. The van der Waals surface area contributed by atoms with E-state index in [4.69, 9.17) is 4.74 Å². The zero-order valence-electron chi connectivity index (χ0n) is 7.25. The van der Waals surface area contributed by atoms with Crippen molar-refractivity contribution in [3.8, 4) is 0 Å². The van der Waals surface area contributed by atoms with Gasteiger partial charge in [0.15, 0.2) is 0 Å². The third-order valence-corrected chi connectivity index (χ3v) is 4.16. The first kappa shape index (κ1) is 7.93. The van der Waals surface area contributed by atoms with Crippen LogP contribution in [-0.4, -0.2) is 17.3 Å². The Morgan fingerprint density at radius 2 is 2.18 bits per heavy atom. The Bertz CT molecular complexity index is 134. The Kier molecular flexibility index (Phi) is 2.15. The van der Waals surface area contributed by atoms with Crippen molar-refractivity contribution in [2.24, 2.45) is 11.8 Å². The fourth-order valence-corrected chi connectivity index (χ4v) is 3.44. The average Bonchev–Trinajstić information content (AvgIpc) is 2.30. The highest BCUT2D eigenvalue weighted by molar-refractivity contribution is 8.00. The van der Waals surface area contributed by atoms with Crippen molar-refractivity contribution < 1.29 is 4.74 Å². The number of hydrogen-bond acceptors (Lipinski definition) is 2. The average molecular weight is 172 g/mol. The highest BCUT2D eigenvalue weighted by atomic mass is 32.2. The molecule has 3 atom stereocenters. The van der Waals surface area contributed by atoms with Crippen LogP contribution in [0.5, 0.6) is 0 Å². The summed E-state index contributed by atoms with van der Waals surface area (Å²) >= 11 is 2.05. The summed E-state index contributed by atoms with van der Waals surface area (Å²) in [6.07, 6.45) is 2.68. The molecule has 0 aromatic carbocycles. The summed E-state index contributed by atoms with van der Waals surface area (Å²) in [5.74, 6) is 1.77. The molecule has 0 aromatic heterocycles. The van der Waals surface area contributed by atoms with Crippen LogP contribution in [0.2, 0.25) is 0 Å². The highest BCUT2D eigenvalue weighted by Gasteiger charge is 2.36. The summed E-state index contributed by atoms with van der Waals surface area (Å²) in [6, 6.07) is 0. The number of thioether (sulfide) groups is 1. The molecule has 3 unspecified atom stereocenters. The molecule has 0 aromatic rings. The van der Waals surface area contributed by atoms with E-state index < -0.39 is 0 Å². The van der Waals surface area contributed by atoms with E-state index in [9.17, 15) is 0 Å². The summed E-state index contributed by atoms with van der Waals surface area (Å²) in [7, 11) is 0. The summed E-state index contributed by atoms with van der Waals surface area (Å²) in [5, 5.41) is 0.821. The second-order valence-corrected chi connectivity index (χ2v) is 5.46. The quantitative estimate of drug-likeness (QED) is 0.601. The van der Waals surface area contributed by atoms with Gasteiger partial charge in [0.2, 0.25) is 0 Å². The minimum absolute atomic E-state index is 0.543. The molecule has 0 spiro atoms. The van der Waals surface area contributed by atoms with E-state index >= 15 is 0 Å². The lowest BCUT2D eigenvalue weighted by Crippen LogP contribution is -2.21. The van der Waals surface area contributed by atoms with Gasteiger partial charge in [-0.25, -0.2) is 0 Å². The van der Waals surface area contributed by atoms with E-state index in [1.54, 1.807) is 0 Å². The van der Waals surface area contributed by atoms with Gasteiger partial charge in [0, 0.05) is 5.25 Å². The molecule has 0 saturated carbocycles. The van der Waals surface area contributed by atoms with Gasteiger partial charge in [-0.3, -0.25) is 0 Å². The largest absolute Gasteiger partial charge is 0.366 e. The molecule has 11 heavy (non-hydrogen) atoms. The Labute approximate surface area is 72.9 Å². The molecule has 0 radical (unpaired) electrons. The molecule has 2 rings (SSSR count). The van der Waals surface area contributed by atoms with Crippen LogP contribution in [-0.2, 0) is 4.74 Å². The van der Waals surface area contributed by atoms with Crippen molar-refractivity contribution in [1.29, 1.82) is 0 Å². The highest BCUT2D eigenvalue weighted by Crippen LogP contribution is 2.43. The second-order valence-electron chi connectivity index (χ2n) is 4.00. The van der Waals surface area contributed by atoms with E-state index in [0.717, 1.165) is 23.7 Å². The lowest BCUT2D eigenvalue weighted by atomic mass is 9.89. The van der Waals surface area contributed by atoms with Gasteiger partial charge in [-0.2, -0.15) is 0 Å². The second kappa shape index (κ2) is 2.98. The summed E-state index contributed by atoms with van der Waals surface area (Å²) < 4.78 is 5.62. The van der Waals surface area contributed by atoms with Gasteiger partial charge in [0.25, 0.3) is 0 Å². The Morgan fingerprint density at radius 3 is 2.82 bits per heavy atom. The first-order valence-corrected chi connectivity index (χ1v) is 5.47. The van der Waals surface area contributed by atoms with Crippen molar-refractivity contribution in [1.82, 2.24) is 0 Å². The van der Waals surface area contributed by atoms with E-state index in [2.05, 4.69) is 25.6 Å². The molecule has 0 N–H and O–H groups in total. The van der Waals surface area contributed by atoms with Gasteiger partial charge in [-0.1, -0.05) is 13.8 Å². The van der Waals surface area contributed by atoms with E-state index in [1.807, 2.05) is 0 Å². The fourth-order valence-electron chi connectivity index (χ4n) is 1.98. The maximum absolute atomic E-state index is 5.62. The lowest BCUT2D eigenvalue weighted by Gasteiger charge is -2.28. The van der Waals surface area contributed by atoms with Crippen molar-refractivity contribution in [3.63, 3.8) is 0 Å². The van der Waals surface area contributed by atoms with Crippen LogP contribution in [0.4, 0.5) is 0 Å². The molecule has 2 saturated heterocycles. The normalized spacial score (nSPS) is 43.4. The maximum atomic E-state index is 5.62. The van der Waals surface area contributed by atoms with E-state index in [1.165, 1.54) is 12.8 Å². The van der Waals surface area contributed by atoms with E-state index in [-0.39, 0.29) is 0 Å². The number of ether oxygens (including phenoxy) is 1. The predicted octanol–water partition coefficient (Wildman–Crippen LogP) is 2.51. The van der Waals surface area contributed by atoms with Gasteiger partial charge in [-0.15, -0.1) is 11.8 Å². The van der Waals surface area contributed by atoms with Crippen LogP contribution >= 0.6 is 11.8 Å². The molecule has 0 amide bonds. The standard InChI is InChI=1S/C9H16OS/c1-6(2)7-3-8-5-10-9(4-7)11-8/h6-9H,3-5H2,1-2H3. The van der Waals surface area contributed by atoms with Gasteiger partial charge in [0.1, 0.15) is 5.44 Å². The minimum atomic E-state index is 0.543. The summed E-state index contributed by atoms with van der Waals surface area (Å²) in [4.78, 5) is 0. The summed E-state index contributed by atoms with van der Waals surface area (Å²) in [5.41, 5.74) is 0.543. The number of fused-ring (bicyclic) bond motifs is 2. The molecular formula is C9H16OS. The lowest BCUT2D eigenvalue weighted by molar-refractivity contribution is 0.130. The van der Waals surface area contributed by atoms with Crippen LogP contribution in [0.25, 0.3) is 0 Å². The van der Waals surface area contributed by atoms with Crippen LogP contribution in [0, 0.1) is 11.8 Å². The summed E-state index contributed by atoms with van der Waals surface area (Å²) in [6.45, 7) is 5.68. The number of hydrogen-bond donors (Lipinski definition) is 0. The Morgan fingerprint density at radius 1 is 1.36 bits per heavy atom. The SMILES string of the molecule is CC(C)C1CC2COC(C1)S2. The van der Waals surface area contributed by atoms with Gasteiger partial charge >= 0.3 is 0 Å². The van der Waals surface area contributed by atoms with Crippen LogP contribution in [0.15, 0.2) is 0 Å². The smallest absolute Gasteiger partial charge is 0.103 e. The van der Waals surface area contributed by atoms with Crippen molar-refractivity contribution in [3.05, 3.63) is 0 Å². The molecule has 64 valence electrons. The monoisotopic (exact) mass is 172 g/mol. The van der Waals surface area contributed by atoms with Crippen LogP contribution in [0.3, 0.4) is 0 Å². The third kappa shape index (κ3) is 1.57. The Balaban J connectivity index is 1.97. The zero-order chi connectivity index (χ0) is 7.84. The molecule has 2 aliphatic rings. The molecule has 2 heteroatoms. The fraction of sp³-hybridized carbons (Fsp3) is 1.00. The molecule has 0 aliphatic carbocycles. The van der Waals surface area contributed by atoms with Crippen molar-refractivity contribution >= 4 is 11.8 Å². The maximum Gasteiger partial charge on any atom is 0.103 e. The molecule has 2 heterocycles.